The van der Waals surface area contributed by atoms with Gasteiger partial charge in [0.05, 0.1) is 10.6 Å². The Labute approximate surface area is 178 Å². The summed E-state index contributed by atoms with van der Waals surface area (Å²) in [5, 5.41) is 2.89. The van der Waals surface area contributed by atoms with E-state index >= 15 is 0 Å². The summed E-state index contributed by atoms with van der Waals surface area (Å²) < 4.78 is 38.6. The first kappa shape index (κ1) is 22.3. The molecule has 1 aliphatic rings. The van der Waals surface area contributed by atoms with Crippen LogP contribution in [0.15, 0.2) is 53.4 Å². The molecule has 0 radical (unpaired) electrons. The van der Waals surface area contributed by atoms with Crippen LogP contribution in [0, 0.1) is 5.92 Å². The average molecular weight is 433 g/mol. The van der Waals surface area contributed by atoms with Gasteiger partial charge in [0.2, 0.25) is 15.9 Å². The Morgan fingerprint density at radius 3 is 2.40 bits per heavy atom. The number of para-hydroxylation sites is 1. The molecule has 3 rings (SSSR count). The largest absolute Gasteiger partial charge is 0.455 e. The molecule has 1 saturated heterocycles. The lowest BCUT2D eigenvalue weighted by molar-refractivity contribution is -0.122. The summed E-state index contributed by atoms with van der Waals surface area (Å²) in [6.07, 6.45) is 1.27. The second-order valence-corrected chi connectivity index (χ2v) is 8.98. The number of nitrogens with zero attached hydrogens (tertiary/aromatic N) is 1. The highest BCUT2D eigenvalue weighted by Crippen LogP contribution is 2.33. The molecule has 1 fully saturated rings. The molecule has 7 nitrogen and oxygen atoms in total. The molecule has 0 atom stereocenters. The molecule has 2 aromatic rings. The molecule has 1 amide bonds. The van der Waals surface area contributed by atoms with Crippen molar-refractivity contribution in [1.29, 1.82) is 0 Å². The molecular formula is C22H28N2O5S. The summed E-state index contributed by atoms with van der Waals surface area (Å²) in [5.74, 6) is 0.651. The third-order valence-electron chi connectivity index (χ3n) is 5.12. The van der Waals surface area contributed by atoms with Crippen molar-refractivity contribution in [3.05, 3.63) is 48.5 Å². The van der Waals surface area contributed by atoms with Gasteiger partial charge in [0.25, 0.3) is 0 Å². The molecule has 2 aromatic carbocycles. The van der Waals surface area contributed by atoms with Gasteiger partial charge in [-0.15, -0.1) is 0 Å². The van der Waals surface area contributed by atoms with Gasteiger partial charge in [-0.2, -0.15) is 4.31 Å². The fraction of sp³-hybridized carbons (Fsp3) is 0.409. The Hall–Kier alpha value is -2.42. The fourth-order valence-corrected chi connectivity index (χ4v) is 4.86. The van der Waals surface area contributed by atoms with Crippen molar-refractivity contribution in [1.82, 2.24) is 4.31 Å². The number of hydrogen-bond donors (Lipinski definition) is 1. The number of anilines is 1. The summed E-state index contributed by atoms with van der Waals surface area (Å²) in [6, 6.07) is 13.7. The van der Waals surface area contributed by atoms with E-state index in [-0.39, 0.29) is 16.7 Å². The van der Waals surface area contributed by atoms with E-state index in [0.717, 1.165) is 0 Å². The lowest BCUT2D eigenvalue weighted by Gasteiger charge is -2.23. The second kappa shape index (κ2) is 10.1. The van der Waals surface area contributed by atoms with Crippen molar-refractivity contribution in [2.75, 3.05) is 31.6 Å². The van der Waals surface area contributed by atoms with Gasteiger partial charge >= 0.3 is 0 Å². The maximum Gasteiger partial charge on any atom is 0.243 e. The Kier molecular flexibility index (Phi) is 7.47. The van der Waals surface area contributed by atoms with Crippen LogP contribution in [0.3, 0.4) is 0 Å². The van der Waals surface area contributed by atoms with Gasteiger partial charge in [-0.25, -0.2) is 8.42 Å². The van der Waals surface area contributed by atoms with Gasteiger partial charge in [0, 0.05) is 32.2 Å². The fourth-order valence-electron chi connectivity index (χ4n) is 3.38. The number of amides is 1. The highest BCUT2D eigenvalue weighted by Gasteiger charge is 2.26. The van der Waals surface area contributed by atoms with Gasteiger partial charge in [-0.1, -0.05) is 32.0 Å². The van der Waals surface area contributed by atoms with Crippen LogP contribution in [0.5, 0.6) is 11.5 Å². The minimum atomic E-state index is -3.67. The van der Waals surface area contributed by atoms with Crippen molar-refractivity contribution in [2.45, 2.75) is 31.6 Å². The van der Waals surface area contributed by atoms with Gasteiger partial charge in [0.15, 0.2) is 5.75 Å². The summed E-state index contributed by atoms with van der Waals surface area (Å²) >= 11 is 0. The molecule has 0 spiro atoms. The SMILES string of the molecule is CCN(CC)S(=O)(=O)c1ccc(Oc2ccccc2)c(NC(=O)C2CCOCC2)c1. The van der Waals surface area contributed by atoms with Crippen LogP contribution in [0.25, 0.3) is 0 Å². The van der Waals surface area contributed by atoms with Crippen molar-refractivity contribution in [3.8, 4) is 11.5 Å². The number of carbonyl (C=O) groups is 1. The monoisotopic (exact) mass is 432 g/mol. The molecule has 8 heteroatoms. The van der Waals surface area contributed by atoms with Crippen LogP contribution in [0.1, 0.15) is 26.7 Å². The van der Waals surface area contributed by atoms with E-state index in [2.05, 4.69) is 5.32 Å². The lowest BCUT2D eigenvalue weighted by Crippen LogP contribution is -2.31. The minimum Gasteiger partial charge on any atom is -0.455 e. The molecule has 0 bridgehead atoms. The molecule has 1 aliphatic heterocycles. The third-order valence-corrected chi connectivity index (χ3v) is 7.16. The van der Waals surface area contributed by atoms with Gasteiger partial charge < -0.3 is 14.8 Å². The van der Waals surface area contributed by atoms with Gasteiger partial charge in [-0.3, -0.25) is 4.79 Å². The molecule has 0 aliphatic carbocycles. The van der Waals surface area contributed by atoms with E-state index in [0.29, 0.717) is 56.3 Å². The van der Waals surface area contributed by atoms with Crippen molar-refractivity contribution < 1.29 is 22.7 Å². The van der Waals surface area contributed by atoms with E-state index in [9.17, 15) is 13.2 Å². The maximum atomic E-state index is 13.0. The summed E-state index contributed by atoms with van der Waals surface area (Å²) in [5.41, 5.74) is 0.337. The van der Waals surface area contributed by atoms with E-state index < -0.39 is 10.0 Å². The average Bonchev–Trinajstić information content (AvgIpc) is 2.77. The lowest BCUT2D eigenvalue weighted by atomic mass is 9.99. The smallest absolute Gasteiger partial charge is 0.243 e. The third kappa shape index (κ3) is 5.19. The van der Waals surface area contributed by atoms with Gasteiger partial charge in [-0.05, 0) is 43.2 Å². The first-order valence-electron chi connectivity index (χ1n) is 10.2. The Balaban J connectivity index is 1.94. The molecule has 0 saturated carbocycles. The van der Waals surface area contributed by atoms with Crippen LogP contribution in [0.4, 0.5) is 5.69 Å². The molecule has 1 N–H and O–H groups in total. The van der Waals surface area contributed by atoms with Crippen LogP contribution >= 0.6 is 0 Å². The van der Waals surface area contributed by atoms with Crippen molar-refractivity contribution in [3.63, 3.8) is 0 Å². The van der Waals surface area contributed by atoms with Crippen LogP contribution in [0.2, 0.25) is 0 Å². The number of ether oxygens (including phenoxy) is 2. The maximum absolute atomic E-state index is 13.0. The first-order valence-corrected chi connectivity index (χ1v) is 11.7. The standard InChI is InChI=1S/C22H28N2O5S/c1-3-24(4-2)30(26,27)19-10-11-21(29-18-8-6-5-7-9-18)20(16-19)23-22(25)17-12-14-28-15-13-17/h5-11,16-17H,3-4,12-15H2,1-2H3,(H,23,25). The Morgan fingerprint density at radius 2 is 1.77 bits per heavy atom. The number of rotatable bonds is 8. The Bertz CT molecular complexity index is 953. The highest BCUT2D eigenvalue weighted by atomic mass is 32.2. The van der Waals surface area contributed by atoms with Gasteiger partial charge in [0.1, 0.15) is 5.75 Å². The van der Waals surface area contributed by atoms with Crippen LogP contribution in [-0.4, -0.2) is 44.9 Å². The van der Waals surface area contributed by atoms with Crippen molar-refractivity contribution in [2.24, 2.45) is 5.92 Å². The summed E-state index contributed by atoms with van der Waals surface area (Å²) in [4.78, 5) is 12.9. The zero-order valence-electron chi connectivity index (χ0n) is 17.3. The molecule has 162 valence electrons. The topological polar surface area (TPSA) is 84.9 Å². The van der Waals surface area contributed by atoms with E-state index in [1.807, 2.05) is 18.2 Å². The predicted octanol–water partition coefficient (Wildman–Crippen LogP) is 3.87. The number of carbonyl (C=O) groups excluding carboxylic acids is 1. The number of benzene rings is 2. The molecule has 0 unspecified atom stereocenters. The molecule has 1 heterocycles. The van der Waals surface area contributed by atoms with Crippen molar-refractivity contribution >= 4 is 21.6 Å². The Morgan fingerprint density at radius 1 is 1.10 bits per heavy atom. The number of hydrogen-bond acceptors (Lipinski definition) is 5. The summed E-state index contributed by atoms with van der Waals surface area (Å²) in [7, 11) is -3.67. The predicted molar refractivity (Wildman–Crippen MR) is 115 cm³/mol. The van der Waals surface area contributed by atoms with E-state index in [1.54, 1.807) is 32.0 Å². The molecular weight excluding hydrogens is 404 g/mol. The van der Waals surface area contributed by atoms with E-state index in [4.69, 9.17) is 9.47 Å². The summed E-state index contributed by atoms with van der Waals surface area (Å²) in [6.45, 7) is 5.41. The normalized spacial score (nSPS) is 15.2. The quantitative estimate of drug-likeness (QED) is 0.684. The zero-order chi connectivity index (χ0) is 21.6. The number of sulfonamides is 1. The van der Waals surface area contributed by atoms with Crippen LogP contribution < -0.4 is 10.1 Å². The molecule has 30 heavy (non-hydrogen) atoms. The molecule has 0 aromatic heterocycles. The van der Waals surface area contributed by atoms with Crippen LogP contribution in [-0.2, 0) is 19.6 Å². The second-order valence-electron chi connectivity index (χ2n) is 7.04. The zero-order valence-corrected chi connectivity index (χ0v) is 18.2. The number of nitrogens with one attached hydrogen (secondary N) is 1. The first-order chi connectivity index (χ1) is 14.5. The van der Waals surface area contributed by atoms with E-state index in [1.165, 1.54) is 16.4 Å². The minimum absolute atomic E-state index is 0.119. The highest BCUT2D eigenvalue weighted by molar-refractivity contribution is 7.89.